The molecule has 0 fully saturated rings. The molecule has 160 valence electrons. The zero-order valence-corrected chi connectivity index (χ0v) is 18.7. The monoisotopic (exact) mass is 414 g/mol. The molecule has 5 heteroatoms. The molecule has 0 bridgehead atoms. The van der Waals surface area contributed by atoms with Crippen LogP contribution in [0.2, 0.25) is 0 Å². The number of fused-ring (bicyclic) bond motifs is 1. The van der Waals surface area contributed by atoms with Crippen molar-refractivity contribution in [3.63, 3.8) is 0 Å². The van der Waals surface area contributed by atoms with E-state index in [4.69, 9.17) is 0 Å². The number of carbonyl (C=O) groups excluding carboxylic acids is 1. The van der Waals surface area contributed by atoms with Crippen molar-refractivity contribution < 1.29 is 4.79 Å². The lowest BCUT2D eigenvalue weighted by atomic mass is 10.1. The summed E-state index contributed by atoms with van der Waals surface area (Å²) in [6, 6.07) is 18.5. The first-order chi connectivity index (χ1) is 14.9. The number of hydrogen-bond donors (Lipinski definition) is 1. The molecular formula is C26H30N4O. The van der Waals surface area contributed by atoms with Gasteiger partial charge >= 0.3 is 0 Å². The van der Waals surface area contributed by atoms with Crippen molar-refractivity contribution in [2.24, 2.45) is 5.92 Å². The van der Waals surface area contributed by atoms with Crippen molar-refractivity contribution in [3.8, 4) is 0 Å². The van der Waals surface area contributed by atoms with Crippen LogP contribution in [-0.2, 0) is 13.1 Å². The summed E-state index contributed by atoms with van der Waals surface area (Å²) >= 11 is 0. The Morgan fingerprint density at radius 1 is 1.06 bits per heavy atom. The highest BCUT2D eigenvalue weighted by molar-refractivity contribution is 5.99. The highest BCUT2D eigenvalue weighted by atomic mass is 16.1. The number of amides is 1. The Balaban J connectivity index is 1.49. The summed E-state index contributed by atoms with van der Waals surface area (Å²) in [6.45, 7) is 10.7. The highest BCUT2D eigenvalue weighted by Gasteiger charge is 2.15. The predicted octanol–water partition coefficient (Wildman–Crippen LogP) is 4.88. The van der Waals surface area contributed by atoms with E-state index in [0.717, 1.165) is 29.7 Å². The number of hydrogen-bond acceptors (Lipinski definition) is 2. The molecule has 4 aromatic rings. The average molecular weight is 415 g/mol. The number of aryl methyl sites for hydroxylation is 2. The van der Waals surface area contributed by atoms with E-state index in [0.29, 0.717) is 18.0 Å². The Morgan fingerprint density at radius 2 is 1.84 bits per heavy atom. The van der Waals surface area contributed by atoms with Gasteiger partial charge < -0.3 is 9.88 Å². The van der Waals surface area contributed by atoms with E-state index < -0.39 is 0 Å². The topological polar surface area (TPSA) is 51.9 Å². The third-order valence-electron chi connectivity index (χ3n) is 6.11. The summed E-state index contributed by atoms with van der Waals surface area (Å²) in [5.74, 6) is 0.265. The zero-order chi connectivity index (χ0) is 22.0. The number of carbonyl (C=O) groups is 1. The van der Waals surface area contributed by atoms with Crippen molar-refractivity contribution in [2.75, 3.05) is 6.54 Å². The lowest BCUT2D eigenvalue weighted by Gasteiger charge is -2.14. The van der Waals surface area contributed by atoms with Crippen LogP contribution in [-0.4, -0.2) is 26.8 Å². The van der Waals surface area contributed by atoms with Crippen molar-refractivity contribution in [2.45, 2.75) is 40.8 Å². The van der Waals surface area contributed by atoms with E-state index in [9.17, 15) is 4.79 Å². The minimum Gasteiger partial charge on any atom is -0.352 e. The number of benzene rings is 2. The fraction of sp³-hybridized carbons (Fsp3) is 0.308. The molecule has 0 spiro atoms. The first-order valence-corrected chi connectivity index (χ1v) is 10.8. The third kappa shape index (κ3) is 4.41. The lowest BCUT2D eigenvalue weighted by molar-refractivity contribution is 0.0946. The summed E-state index contributed by atoms with van der Waals surface area (Å²) in [5.41, 5.74) is 6.73. The van der Waals surface area contributed by atoms with Gasteiger partial charge in [0.1, 0.15) is 0 Å². The fourth-order valence-electron chi connectivity index (χ4n) is 4.08. The van der Waals surface area contributed by atoms with Gasteiger partial charge in [-0.25, -0.2) is 0 Å². The Kier molecular flexibility index (Phi) is 5.94. The smallest absolute Gasteiger partial charge is 0.251 e. The molecule has 0 aliphatic heterocycles. The van der Waals surface area contributed by atoms with Gasteiger partial charge in [0.2, 0.25) is 0 Å². The molecule has 4 rings (SSSR count). The summed E-state index contributed by atoms with van der Waals surface area (Å²) in [5, 5.41) is 8.56. The van der Waals surface area contributed by atoms with Gasteiger partial charge in [0.25, 0.3) is 5.91 Å². The summed E-state index contributed by atoms with van der Waals surface area (Å²) in [7, 11) is 0. The Hall–Kier alpha value is -3.34. The van der Waals surface area contributed by atoms with Crippen molar-refractivity contribution in [3.05, 3.63) is 88.9 Å². The van der Waals surface area contributed by atoms with Crippen molar-refractivity contribution in [1.29, 1.82) is 0 Å². The summed E-state index contributed by atoms with van der Waals surface area (Å²) < 4.78 is 4.31. The molecule has 2 aromatic carbocycles. The molecule has 2 heterocycles. The maximum atomic E-state index is 12.8. The minimum absolute atomic E-state index is 0.0289. The van der Waals surface area contributed by atoms with Crippen LogP contribution in [0.1, 0.15) is 39.8 Å². The molecule has 5 nitrogen and oxygen atoms in total. The normalized spacial score (nSPS) is 12.3. The first kappa shape index (κ1) is 20.9. The molecule has 0 saturated heterocycles. The highest BCUT2D eigenvalue weighted by Crippen LogP contribution is 2.27. The Labute approximate surface area is 183 Å². The number of nitrogens with zero attached hydrogens (tertiary/aromatic N) is 3. The van der Waals surface area contributed by atoms with Gasteiger partial charge in [-0.15, -0.1) is 0 Å². The predicted molar refractivity (Wildman–Crippen MR) is 125 cm³/mol. The Morgan fingerprint density at radius 3 is 2.55 bits per heavy atom. The second kappa shape index (κ2) is 8.80. The molecular weight excluding hydrogens is 384 g/mol. The molecule has 0 unspecified atom stereocenters. The molecule has 0 saturated carbocycles. The summed E-state index contributed by atoms with van der Waals surface area (Å²) in [6.07, 6.45) is 1.81. The van der Waals surface area contributed by atoms with Gasteiger partial charge in [0.15, 0.2) is 0 Å². The van der Waals surface area contributed by atoms with Gasteiger partial charge in [0.05, 0.1) is 0 Å². The molecule has 1 atom stereocenters. The van der Waals surface area contributed by atoms with Gasteiger partial charge in [-0.2, -0.15) is 5.10 Å². The largest absolute Gasteiger partial charge is 0.352 e. The SMILES string of the molecule is Cc1c(C)n(Cc2ccccc2)c2ccc(C(=O)NC[C@@H](C)Cn3nccc3C)cc12. The molecule has 1 N–H and O–H groups in total. The number of nitrogens with one attached hydrogen (secondary N) is 1. The van der Waals surface area contributed by atoms with Crippen LogP contribution in [0.3, 0.4) is 0 Å². The lowest BCUT2D eigenvalue weighted by Crippen LogP contribution is -2.30. The molecule has 2 aromatic heterocycles. The van der Waals surface area contributed by atoms with Gasteiger partial charge in [-0.05, 0) is 62.1 Å². The van der Waals surface area contributed by atoms with Crippen molar-refractivity contribution >= 4 is 16.8 Å². The molecule has 31 heavy (non-hydrogen) atoms. The quantitative estimate of drug-likeness (QED) is 0.469. The van der Waals surface area contributed by atoms with E-state index in [1.807, 2.05) is 42.1 Å². The van der Waals surface area contributed by atoms with Crippen LogP contribution in [0, 0.1) is 26.7 Å². The maximum absolute atomic E-state index is 12.8. The Bertz CT molecular complexity index is 1200. The van der Waals surface area contributed by atoms with Crippen LogP contribution in [0.4, 0.5) is 0 Å². The van der Waals surface area contributed by atoms with E-state index in [1.165, 1.54) is 16.8 Å². The van der Waals surface area contributed by atoms with E-state index in [-0.39, 0.29) is 5.91 Å². The molecule has 0 aliphatic rings. The van der Waals surface area contributed by atoms with E-state index in [1.54, 1.807) is 0 Å². The second-order valence-electron chi connectivity index (χ2n) is 8.48. The number of aromatic nitrogens is 3. The fourth-order valence-corrected chi connectivity index (χ4v) is 4.08. The van der Waals surface area contributed by atoms with Crippen LogP contribution >= 0.6 is 0 Å². The summed E-state index contributed by atoms with van der Waals surface area (Å²) in [4.78, 5) is 12.8. The molecule has 0 aliphatic carbocycles. The average Bonchev–Trinajstić information content (AvgIpc) is 3.28. The number of rotatable bonds is 7. The zero-order valence-electron chi connectivity index (χ0n) is 18.7. The van der Waals surface area contributed by atoms with E-state index in [2.05, 4.69) is 66.1 Å². The van der Waals surface area contributed by atoms with Crippen molar-refractivity contribution in [1.82, 2.24) is 19.7 Å². The molecule has 0 radical (unpaired) electrons. The van der Waals surface area contributed by atoms with Gasteiger partial charge in [-0.3, -0.25) is 9.48 Å². The standard InChI is InChI=1S/C26H30N4O/c1-18(16-30-19(2)12-13-28-30)15-27-26(31)23-10-11-25-24(14-23)20(3)21(4)29(25)17-22-8-6-5-7-9-22/h5-14,18H,15-17H2,1-4H3,(H,27,31)/t18-/m1/s1. The minimum atomic E-state index is -0.0289. The van der Waals surface area contributed by atoms with Crippen LogP contribution < -0.4 is 5.32 Å². The molecule has 1 amide bonds. The third-order valence-corrected chi connectivity index (χ3v) is 6.11. The van der Waals surface area contributed by atoms with Crippen LogP contribution in [0.15, 0.2) is 60.8 Å². The van der Waals surface area contributed by atoms with Gasteiger partial charge in [-0.1, -0.05) is 37.3 Å². The first-order valence-electron chi connectivity index (χ1n) is 10.8. The van der Waals surface area contributed by atoms with Gasteiger partial charge in [0, 0.05) is 53.7 Å². The maximum Gasteiger partial charge on any atom is 0.251 e. The van der Waals surface area contributed by atoms with Crippen LogP contribution in [0.5, 0.6) is 0 Å². The van der Waals surface area contributed by atoms with Crippen LogP contribution in [0.25, 0.3) is 10.9 Å². The second-order valence-corrected chi connectivity index (χ2v) is 8.48. The van der Waals surface area contributed by atoms with E-state index >= 15 is 0 Å².